The molecule has 2 amide bonds. The third kappa shape index (κ3) is 4.82. The molecule has 0 fully saturated rings. The van der Waals surface area contributed by atoms with Gasteiger partial charge in [-0.1, -0.05) is 26.8 Å². The Morgan fingerprint density at radius 2 is 1.81 bits per heavy atom. The van der Waals surface area contributed by atoms with E-state index < -0.39 is 23.5 Å². The van der Waals surface area contributed by atoms with Gasteiger partial charge in [-0.25, -0.2) is 9.59 Å². The zero-order valence-electron chi connectivity index (χ0n) is 10.2. The van der Waals surface area contributed by atoms with Crippen LogP contribution in [0.2, 0.25) is 0 Å². The zero-order chi connectivity index (χ0) is 12.9. The molecule has 5 nitrogen and oxygen atoms in total. The average molecular weight is 228 g/mol. The van der Waals surface area contributed by atoms with Gasteiger partial charge in [0.1, 0.15) is 6.04 Å². The smallest absolute Gasteiger partial charge is 0.326 e. The standard InChI is InChI=1S/C11H20N2O3/c1-6-7(2)12-10(16)13-8(9(14)15)11(3,4)5/h6-8H,1H2,2-5H3,(H,14,15)(H2,12,13,16)/t7?,8-/m0/s1. The Balaban J connectivity index is 4.48. The Morgan fingerprint density at radius 3 is 2.12 bits per heavy atom. The number of nitrogens with one attached hydrogen (secondary N) is 2. The van der Waals surface area contributed by atoms with E-state index in [-0.39, 0.29) is 6.04 Å². The second-order valence-electron chi connectivity index (χ2n) is 4.78. The molecule has 0 saturated heterocycles. The second-order valence-corrected chi connectivity index (χ2v) is 4.78. The molecule has 92 valence electrons. The minimum Gasteiger partial charge on any atom is -0.480 e. The summed E-state index contributed by atoms with van der Waals surface area (Å²) in [7, 11) is 0. The van der Waals surface area contributed by atoms with Crippen molar-refractivity contribution in [1.82, 2.24) is 10.6 Å². The molecule has 0 aliphatic rings. The number of aliphatic carboxylic acids is 1. The van der Waals surface area contributed by atoms with Gasteiger partial charge in [-0.2, -0.15) is 0 Å². The number of amides is 2. The Kier molecular flexibility index (Phi) is 5.01. The maximum absolute atomic E-state index is 11.4. The Bertz CT molecular complexity index is 281. The van der Waals surface area contributed by atoms with Crippen LogP contribution in [0.5, 0.6) is 0 Å². The lowest BCUT2D eigenvalue weighted by molar-refractivity contribution is -0.141. The van der Waals surface area contributed by atoms with Crippen LogP contribution in [0.15, 0.2) is 12.7 Å². The molecular formula is C11H20N2O3. The molecule has 0 heterocycles. The third-order valence-corrected chi connectivity index (χ3v) is 2.10. The molecule has 0 spiro atoms. The molecule has 16 heavy (non-hydrogen) atoms. The van der Waals surface area contributed by atoms with Crippen LogP contribution < -0.4 is 10.6 Å². The number of rotatable bonds is 4. The van der Waals surface area contributed by atoms with E-state index >= 15 is 0 Å². The van der Waals surface area contributed by atoms with Crippen LogP contribution in [-0.4, -0.2) is 29.2 Å². The number of carboxylic acids is 1. The molecule has 1 unspecified atom stereocenters. The van der Waals surface area contributed by atoms with Gasteiger partial charge in [0.25, 0.3) is 0 Å². The van der Waals surface area contributed by atoms with Gasteiger partial charge in [0, 0.05) is 6.04 Å². The molecule has 0 aromatic rings. The summed E-state index contributed by atoms with van der Waals surface area (Å²) in [5.74, 6) is -1.05. The Labute approximate surface area is 95.9 Å². The van der Waals surface area contributed by atoms with Gasteiger partial charge in [-0.3, -0.25) is 0 Å². The van der Waals surface area contributed by atoms with Crippen molar-refractivity contribution in [2.45, 2.75) is 39.8 Å². The first-order chi connectivity index (χ1) is 7.18. The number of carboxylic acid groups (broad SMARTS) is 1. The molecule has 3 N–H and O–H groups in total. The van der Waals surface area contributed by atoms with Crippen molar-refractivity contribution in [2.24, 2.45) is 5.41 Å². The third-order valence-electron chi connectivity index (χ3n) is 2.10. The molecule has 0 saturated carbocycles. The molecule has 0 aromatic carbocycles. The van der Waals surface area contributed by atoms with Crippen molar-refractivity contribution in [2.75, 3.05) is 0 Å². The first-order valence-electron chi connectivity index (χ1n) is 5.11. The summed E-state index contributed by atoms with van der Waals surface area (Å²) in [6.07, 6.45) is 1.56. The van der Waals surface area contributed by atoms with Crippen molar-refractivity contribution in [3.05, 3.63) is 12.7 Å². The summed E-state index contributed by atoms with van der Waals surface area (Å²) < 4.78 is 0. The van der Waals surface area contributed by atoms with E-state index in [2.05, 4.69) is 17.2 Å². The number of urea groups is 1. The van der Waals surface area contributed by atoms with Crippen LogP contribution >= 0.6 is 0 Å². The predicted octanol–water partition coefficient (Wildman–Crippen LogP) is 1.36. The van der Waals surface area contributed by atoms with E-state index in [1.165, 1.54) is 0 Å². The fraction of sp³-hybridized carbons (Fsp3) is 0.636. The molecule has 0 aliphatic carbocycles. The molecule has 0 radical (unpaired) electrons. The predicted molar refractivity (Wildman–Crippen MR) is 62.2 cm³/mol. The minimum absolute atomic E-state index is 0.200. The van der Waals surface area contributed by atoms with Gasteiger partial charge in [0.15, 0.2) is 0 Å². The molecular weight excluding hydrogens is 208 g/mol. The van der Waals surface area contributed by atoms with Gasteiger partial charge in [-0.15, -0.1) is 6.58 Å². The van der Waals surface area contributed by atoms with E-state index in [4.69, 9.17) is 5.11 Å². The maximum atomic E-state index is 11.4. The van der Waals surface area contributed by atoms with E-state index in [0.717, 1.165) is 0 Å². The highest BCUT2D eigenvalue weighted by Gasteiger charge is 2.32. The zero-order valence-corrected chi connectivity index (χ0v) is 10.2. The molecule has 5 heteroatoms. The summed E-state index contributed by atoms with van der Waals surface area (Å²) in [4.78, 5) is 22.4. The van der Waals surface area contributed by atoms with Crippen LogP contribution in [0.3, 0.4) is 0 Å². The normalized spacial score (nSPS) is 14.8. The van der Waals surface area contributed by atoms with E-state index in [1.807, 2.05) is 0 Å². The Morgan fingerprint density at radius 1 is 1.31 bits per heavy atom. The fourth-order valence-electron chi connectivity index (χ4n) is 1.09. The summed E-state index contributed by atoms with van der Waals surface area (Å²) in [6.45, 7) is 10.5. The summed E-state index contributed by atoms with van der Waals surface area (Å²) >= 11 is 0. The van der Waals surface area contributed by atoms with Gasteiger partial charge in [-0.05, 0) is 12.3 Å². The summed E-state index contributed by atoms with van der Waals surface area (Å²) in [5, 5.41) is 14.0. The van der Waals surface area contributed by atoms with E-state index in [0.29, 0.717) is 0 Å². The van der Waals surface area contributed by atoms with Gasteiger partial charge in [0.05, 0.1) is 0 Å². The van der Waals surface area contributed by atoms with Crippen molar-refractivity contribution < 1.29 is 14.7 Å². The van der Waals surface area contributed by atoms with Crippen molar-refractivity contribution in [1.29, 1.82) is 0 Å². The van der Waals surface area contributed by atoms with Crippen LogP contribution in [-0.2, 0) is 4.79 Å². The lowest BCUT2D eigenvalue weighted by Crippen LogP contribution is -2.53. The van der Waals surface area contributed by atoms with Crippen LogP contribution in [0.25, 0.3) is 0 Å². The summed E-state index contributed by atoms with van der Waals surface area (Å²) in [5.41, 5.74) is -0.541. The first-order valence-corrected chi connectivity index (χ1v) is 5.11. The van der Waals surface area contributed by atoms with Gasteiger partial charge in [0.2, 0.25) is 0 Å². The summed E-state index contributed by atoms with van der Waals surface area (Å²) in [6, 6.07) is -1.63. The largest absolute Gasteiger partial charge is 0.480 e. The molecule has 0 bridgehead atoms. The fourth-order valence-corrected chi connectivity index (χ4v) is 1.09. The van der Waals surface area contributed by atoms with Crippen molar-refractivity contribution in [3.63, 3.8) is 0 Å². The van der Waals surface area contributed by atoms with Crippen LogP contribution in [0.1, 0.15) is 27.7 Å². The van der Waals surface area contributed by atoms with Gasteiger partial charge < -0.3 is 15.7 Å². The molecule has 2 atom stereocenters. The van der Waals surface area contributed by atoms with E-state index in [9.17, 15) is 9.59 Å². The highest BCUT2D eigenvalue weighted by Crippen LogP contribution is 2.19. The van der Waals surface area contributed by atoms with E-state index in [1.54, 1.807) is 33.8 Å². The monoisotopic (exact) mass is 228 g/mol. The Hall–Kier alpha value is -1.52. The first kappa shape index (κ1) is 14.5. The number of hydrogen-bond acceptors (Lipinski definition) is 2. The topological polar surface area (TPSA) is 78.4 Å². The quantitative estimate of drug-likeness (QED) is 0.636. The highest BCUT2D eigenvalue weighted by molar-refractivity contribution is 5.83. The average Bonchev–Trinajstić information content (AvgIpc) is 2.11. The van der Waals surface area contributed by atoms with Crippen molar-refractivity contribution >= 4 is 12.0 Å². The maximum Gasteiger partial charge on any atom is 0.326 e. The van der Waals surface area contributed by atoms with Gasteiger partial charge >= 0.3 is 12.0 Å². The number of carbonyl (C=O) groups is 2. The second kappa shape index (κ2) is 5.53. The molecule has 0 rings (SSSR count). The molecule has 0 aliphatic heterocycles. The van der Waals surface area contributed by atoms with Crippen molar-refractivity contribution in [3.8, 4) is 0 Å². The van der Waals surface area contributed by atoms with Crippen LogP contribution in [0, 0.1) is 5.41 Å². The SMILES string of the molecule is C=CC(C)NC(=O)N[C@@H](C(=O)O)C(C)(C)C. The number of carbonyl (C=O) groups excluding carboxylic acids is 1. The lowest BCUT2D eigenvalue weighted by atomic mass is 9.87. The lowest BCUT2D eigenvalue weighted by Gasteiger charge is -2.28. The van der Waals surface area contributed by atoms with Crippen LogP contribution in [0.4, 0.5) is 4.79 Å². The number of hydrogen-bond donors (Lipinski definition) is 3. The minimum atomic E-state index is -1.05. The molecule has 0 aromatic heterocycles. The highest BCUT2D eigenvalue weighted by atomic mass is 16.4.